The predicted octanol–water partition coefficient (Wildman–Crippen LogP) is 3.67. The van der Waals surface area contributed by atoms with Crippen LogP contribution >= 0.6 is 0 Å². The summed E-state index contributed by atoms with van der Waals surface area (Å²) in [4.78, 5) is 12.7. The highest BCUT2D eigenvalue weighted by atomic mass is 19.1. The van der Waals surface area contributed by atoms with Crippen molar-refractivity contribution in [3.05, 3.63) is 40.5 Å². The highest BCUT2D eigenvalue weighted by molar-refractivity contribution is 5.99. The zero-order chi connectivity index (χ0) is 20.9. The van der Waals surface area contributed by atoms with Gasteiger partial charge in [-0.1, -0.05) is 13.8 Å². The Labute approximate surface area is 169 Å². The third kappa shape index (κ3) is 3.42. The molecule has 152 valence electrons. The Bertz CT molecular complexity index is 1030. The molecule has 2 aliphatic rings. The highest BCUT2D eigenvalue weighted by Gasteiger charge is 2.36. The molecule has 7 heteroatoms. The number of anilines is 1. The molecule has 1 heterocycles. The number of hydrogen-bond acceptors (Lipinski definition) is 5. The van der Waals surface area contributed by atoms with Crippen LogP contribution in [0.3, 0.4) is 0 Å². The molecule has 1 aromatic carbocycles. The number of hydrogen-bond donors (Lipinski definition) is 2. The highest BCUT2D eigenvalue weighted by Crippen LogP contribution is 2.37. The summed E-state index contributed by atoms with van der Waals surface area (Å²) in [7, 11) is 0. The van der Waals surface area contributed by atoms with Crippen molar-refractivity contribution in [2.75, 3.05) is 5.32 Å². The number of benzene rings is 1. The van der Waals surface area contributed by atoms with E-state index in [1.54, 1.807) is 17.7 Å². The van der Waals surface area contributed by atoms with Crippen LogP contribution < -0.4 is 5.32 Å². The Kier molecular flexibility index (Phi) is 4.70. The van der Waals surface area contributed by atoms with Crippen molar-refractivity contribution in [1.82, 2.24) is 9.78 Å². The first-order valence-electron chi connectivity index (χ1n) is 10.0. The maximum absolute atomic E-state index is 14.8. The summed E-state index contributed by atoms with van der Waals surface area (Å²) >= 11 is 0. The summed E-state index contributed by atoms with van der Waals surface area (Å²) in [5.74, 6) is -0.593. The van der Waals surface area contributed by atoms with E-state index < -0.39 is 11.9 Å². The molecule has 2 aromatic rings. The van der Waals surface area contributed by atoms with Gasteiger partial charge in [0.15, 0.2) is 5.78 Å². The summed E-state index contributed by atoms with van der Waals surface area (Å²) < 4.78 is 16.4. The standard InChI is InChI=1S/C22H25FN4O2/c1-12-21-18(9-22(2,3)10-20(21)29)27(26-12)13-7-15(23)14(11-24)17(8-13)25-16-5-4-6-19(16)28/h7-8,16,19,25,28H,4-6,9-10H2,1-3H3/t16-,19-/m0/s1. The molecule has 0 spiro atoms. The fourth-order valence-corrected chi connectivity index (χ4v) is 4.60. The number of aryl methyl sites for hydroxylation is 1. The lowest BCUT2D eigenvalue weighted by Crippen LogP contribution is -2.29. The summed E-state index contributed by atoms with van der Waals surface area (Å²) in [6, 6.07) is 4.67. The third-order valence-corrected chi connectivity index (χ3v) is 5.97. The number of fused-ring (bicyclic) bond motifs is 1. The maximum atomic E-state index is 14.8. The summed E-state index contributed by atoms with van der Waals surface area (Å²) in [6.45, 7) is 5.86. The van der Waals surface area contributed by atoms with Crippen LogP contribution in [0, 0.1) is 29.5 Å². The lowest BCUT2D eigenvalue weighted by atomic mass is 9.75. The van der Waals surface area contributed by atoms with Crippen LogP contribution in [0.2, 0.25) is 0 Å². The van der Waals surface area contributed by atoms with Crippen LogP contribution in [0.25, 0.3) is 5.69 Å². The van der Waals surface area contributed by atoms with Crippen molar-refractivity contribution < 1.29 is 14.3 Å². The molecule has 1 aromatic heterocycles. The van der Waals surface area contributed by atoms with Crippen LogP contribution in [-0.2, 0) is 6.42 Å². The van der Waals surface area contributed by atoms with Gasteiger partial charge in [-0.2, -0.15) is 10.4 Å². The van der Waals surface area contributed by atoms with Gasteiger partial charge in [0.05, 0.1) is 40.5 Å². The van der Waals surface area contributed by atoms with Gasteiger partial charge in [0.1, 0.15) is 17.4 Å². The molecule has 2 atom stereocenters. The Hall–Kier alpha value is -2.72. The van der Waals surface area contributed by atoms with Crippen molar-refractivity contribution in [2.24, 2.45) is 5.41 Å². The molecule has 1 saturated carbocycles. The van der Waals surface area contributed by atoms with Crippen LogP contribution in [0.5, 0.6) is 0 Å². The maximum Gasteiger partial charge on any atom is 0.167 e. The number of carbonyl (C=O) groups excluding carboxylic acids is 1. The smallest absolute Gasteiger partial charge is 0.167 e. The number of halogens is 1. The number of aromatic nitrogens is 2. The average Bonchev–Trinajstić information content (AvgIpc) is 3.17. The van der Waals surface area contributed by atoms with E-state index in [1.165, 1.54) is 6.07 Å². The van der Waals surface area contributed by atoms with Gasteiger partial charge in [-0.25, -0.2) is 9.07 Å². The van der Waals surface area contributed by atoms with E-state index in [1.807, 2.05) is 19.9 Å². The molecule has 0 aliphatic heterocycles. The van der Waals surface area contributed by atoms with Gasteiger partial charge in [0.2, 0.25) is 0 Å². The Morgan fingerprint density at radius 1 is 1.34 bits per heavy atom. The fourth-order valence-electron chi connectivity index (χ4n) is 4.60. The second-order valence-electron chi connectivity index (χ2n) is 8.97. The molecule has 2 N–H and O–H groups in total. The molecule has 1 fully saturated rings. The molecular weight excluding hydrogens is 371 g/mol. The number of aliphatic hydroxyl groups excluding tert-OH is 1. The van der Waals surface area contributed by atoms with E-state index in [0.29, 0.717) is 41.9 Å². The van der Waals surface area contributed by atoms with Crippen LogP contribution in [0.4, 0.5) is 10.1 Å². The lowest BCUT2D eigenvalue weighted by Gasteiger charge is -2.29. The zero-order valence-corrected chi connectivity index (χ0v) is 16.9. The van der Waals surface area contributed by atoms with Crippen molar-refractivity contribution in [1.29, 1.82) is 5.26 Å². The molecule has 29 heavy (non-hydrogen) atoms. The van der Waals surface area contributed by atoms with Crippen LogP contribution in [-0.4, -0.2) is 32.8 Å². The first kappa shape index (κ1) is 19.6. The van der Waals surface area contributed by atoms with E-state index in [-0.39, 0.29) is 22.8 Å². The lowest BCUT2D eigenvalue weighted by molar-refractivity contribution is 0.0910. The molecule has 0 saturated heterocycles. The predicted molar refractivity (Wildman–Crippen MR) is 107 cm³/mol. The monoisotopic (exact) mass is 396 g/mol. The molecule has 0 unspecified atom stereocenters. The van der Waals surface area contributed by atoms with E-state index in [9.17, 15) is 19.6 Å². The number of aliphatic hydroxyl groups is 1. The van der Waals surface area contributed by atoms with Gasteiger partial charge in [-0.05, 0) is 44.1 Å². The second kappa shape index (κ2) is 6.96. The summed E-state index contributed by atoms with van der Waals surface area (Å²) in [5.41, 5.74) is 2.56. The number of rotatable bonds is 3. The fraction of sp³-hybridized carbons (Fsp3) is 0.500. The second-order valence-corrected chi connectivity index (χ2v) is 8.97. The number of nitrogens with zero attached hydrogens (tertiary/aromatic N) is 3. The largest absolute Gasteiger partial charge is 0.391 e. The molecule has 0 amide bonds. The molecule has 6 nitrogen and oxygen atoms in total. The number of carbonyl (C=O) groups is 1. The van der Waals surface area contributed by atoms with Gasteiger partial charge in [0, 0.05) is 12.5 Å². The number of Topliss-reactive ketones (excluding diaryl/α,β-unsaturated/α-hetero) is 1. The van der Waals surface area contributed by atoms with Gasteiger partial charge in [-0.3, -0.25) is 4.79 Å². The average molecular weight is 396 g/mol. The van der Waals surface area contributed by atoms with Crippen LogP contribution in [0.15, 0.2) is 12.1 Å². The normalized spacial score (nSPS) is 23.0. The molecule has 0 bridgehead atoms. The van der Waals surface area contributed by atoms with E-state index in [0.717, 1.165) is 18.5 Å². The van der Waals surface area contributed by atoms with Gasteiger partial charge in [0.25, 0.3) is 0 Å². The van der Waals surface area contributed by atoms with Crippen molar-refractivity contribution in [2.45, 2.75) is 65.0 Å². The zero-order valence-electron chi connectivity index (χ0n) is 16.9. The topological polar surface area (TPSA) is 90.9 Å². The van der Waals surface area contributed by atoms with Gasteiger partial charge < -0.3 is 10.4 Å². The Balaban J connectivity index is 1.82. The minimum absolute atomic E-state index is 0.0570. The summed E-state index contributed by atoms with van der Waals surface area (Å²) in [6.07, 6.45) is 2.92. The minimum Gasteiger partial charge on any atom is -0.391 e. The third-order valence-electron chi connectivity index (χ3n) is 5.97. The van der Waals surface area contributed by atoms with E-state index >= 15 is 0 Å². The Morgan fingerprint density at radius 3 is 2.76 bits per heavy atom. The van der Waals surface area contributed by atoms with E-state index in [2.05, 4.69) is 10.4 Å². The molecule has 0 radical (unpaired) electrons. The summed E-state index contributed by atoms with van der Waals surface area (Å²) in [5, 5.41) is 27.2. The quantitative estimate of drug-likeness (QED) is 0.826. The first-order chi connectivity index (χ1) is 13.7. The van der Waals surface area contributed by atoms with Gasteiger partial charge in [-0.15, -0.1) is 0 Å². The number of nitriles is 1. The molecule has 2 aliphatic carbocycles. The van der Waals surface area contributed by atoms with Crippen molar-refractivity contribution in [3.8, 4) is 11.8 Å². The van der Waals surface area contributed by atoms with Gasteiger partial charge >= 0.3 is 0 Å². The number of nitrogens with one attached hydrogen (secondary N) is 1. The first-order valence-corrected chi connectivity index (χ1v) is 10.0. The molecule has 4 rings (SSSR count). The minimum atomic E-state index is -0.650. The van der Waals surface area contributed by atoms with Crippen molar-refractivity contribution >= 4 is 11.5 Å². The number of ketones is 1. The van der Waals surface area contributed by atoms with Crippen LogP contribution in [0.1, 0.15) is 66.8 Å². The van der Waals surface area contributed by atoms with E-state index in [4.69, 9.17) is 0 Å². The molecular formula is C22H25FN4O2. The Morgan fingerprint density at radius 2 is 2.10 bits per heavy atom. The SMILES string of the molecule is Cc1nn(-c2cc(F)c(C#N)c(N[C@H]3CCC[C@@H]3O)c2)c2c1C(=O)CC(C)(C)C2. The van der Waals surface area contributed by atoms with Crippen molar-refractivity contribution in [3.63, 3.8) is 0 Å².